The zero-order valence-corrected chi connectivity index (χ0v) is 13.4. The number of aliphatic hydroxyl groups is 1. The first-order chi connectivity index (χ1) is 9.93. The van der Waals surface area contributed by atoms with E-state index < -0.39 is 0 Å². The summed E-state index contributed by atoms with van der Waals surface area (Å²) in [5.74, 6) is 0.110. The van der Waals surface area contributed by atoms with E-state index in [1.54, 1.807) is 0 Å². The molecule has 1 aliphatic heterocycles. The number of aromatic nitrogens is 2. The number of carbonyl (C=O) groups is 1. The Morgan fingerprint density at radius 2 is 2.19 bits per heavy atom. The molecule has 6 nitrogen and oxygen atoms in total. The zero-order valence-electron chi connectivity index (χ0n) is 13.4. The molecule has 0 aliphatic carbocycles. The van der Waals surface area contributed by atoms with Crippen molar-refractivity contribution in [3.8, 4) is 0 Å². The Morgan fingerprint density at radius 3 is 2.71 bits per heavy atom. The molecule has 1 saturated heterocycles. The minimum atomic E-state index is -0.0492. The van der Waals surface area contributed by atoms with Gasteiger partial charge in [-0.2, -0.15) is 5.10 Å². The third-order valence-corrected chi connectivity index (χ3v) is 4.58. The molecule has 1 aromatic rings. The SMILES string of the molecule is Cc1[nH]nc(CCC(=O)N2C[C@H](N(C)C)C[C@H]2CO)c1C. The Hall–Kier alpha value is -1.40. The first kappa shape index (κ1) is 16.0. The lowest BCUT2D eigenvalue weighted by atomic mass is 10.1. The van der Waals surface area contributed by atoms with E-state index in [9.17, 15) is 9.90 Å². The average molecular weight is 294 g/mol. The van der Waals surface area contributed by atoms with Gasteiger partial charge in [-0.25, -0.2) is 0 Å². The van der Waals surface area contributed by atoms with E-state index in [4.69, 9.17) is 0 Å². The lowest BCUT2D eigenvalue weighted by molar-refractivity contribution is -0.132. The van der Waals surface area contributed by atoms with Gasteiger partial charge in [0, 0.05) is 31.1 Å². The summed E-state index contributed by atoms with van der Waals surface area (Å²) in [4.78, 5) is 16.4. The Morgan fingerprint density at radius 1 is 1.48 bits per heavy atom. The van der Waals surface area contributed by atoms with Crippen molar-refractivity contribution in [2.75, 3.05) is 27.2 Å². The number of carbonyl (C=O) groups excluding carboxylic acids is 1. The first-order valence-electron chi connectivity index (χ1n) is 7.51. The highest BCUT2D eigenvalue weighted by Gasteiger charge is 2.35. The summed E-state index contributed by atoms with van der Waals surface area (Å²) < 4.78 is 0. The molecule has 0 unspecified atom stereocenters. The van der Waals surface area contributed by atoms with Crippen LogP contribution in [0, 0.1) is 13.8 Å². The molecule has 118 valence electrons. The Kier molecular flexibility index (Phi) is 5.00. The van der Waals surface area contributed by atoms with E-state index in [1.807, 2.05) is 32.8 Å². The average Bonchev–Trinajstić information content (AvgIpc) is 3.02. The van der Waals surface area contributed by atoms with Crippen molar-refractivity contribution in [3.63, 3.8) is 0 Å². The van der Waals surface area contributed by atoms with Crippen molar-refractivity contribution in [1.82, 2.24) is 20.0 Å². The third-order valence-electron chi connectivity index (χ3n) is 4.58. The van der Waals surface area contributed by atoms with Crippen LogP contribution in [0.25, 0.3) is 0 Å². The molecule has 0 spiro atoms. The molecule has 1 aliphatic rings. The molecule has 21 heavy (non-hydrogen) atoms. The van der Waals surface area contributed by atoms with Crippen LogP contribution in [-0.2, 0) is 11.2 Å². The fourth-order valence-corrected chi connectivity index (χ4v) is 2.89. The van der Waals surface area contributed by atoms with Crippen molar-refractivity contribution >= 4 is 5.91 Å². The molecule has 0 bridgehead atoms. The smallest absolute Gasteiger partial charge is 0.223 e. The largest absolute Gasteiger partial charge is 0.394 e. The molecule has 2 atom stereocenters. The van der Waals surface area contributed by atoms with Crippen LogP contribution in [0.2, 0.25) is 0 Å². The van der Waals surface area contributed by atoms with Gasteiger partial charge in [0.2, 0.25) is 5.91 Å². The fraction of sp³-hybridized carbons (Fsp3) is 0.733. The summed E-state index contributed by atoms with van der Waals surface area (Å²) in [6, 6.07) is 0.285. The Labute approximate surface area is 126 Å². The molecular formula is C15H26N4O2. The van der Waals surface area contributed by atoms with Gasteiger partial charge in [-0.1, -0.05) is 0 Å². The van der Waals surface area contributed by atoms with Gasteiger partial charge >= 0.3 is 0 Å². The monoisotopic (exact) mass is 294 g/mol. The van der Waals surface area contributed by atoms with E-state index in [2.05, 4.69) is 15.1 Å². The molecule has 1 amide bonds. The number of nitrogens with one attached hydrogen (secondary N) is 1. The number of aliphatic hydroxyl groups excluding tert-OH is 1. The first-order valence-corrected chi connectivity index (χ1v) is 7.51. The second-order valence-corrected chi connectivity index (χ2v) is 6.16. The van der Waals surface area contributed by atoms with Crippen molar-refractivity contribution in [2.45, 2.75) is 45.2 Å². The highest BCUT2D eigenvalue weighted by atomic mass is 16.3. The van der Waals surface area contributed by atoms with Crippen molar-refractivity contribution in [3.05, 3.63) is 17.0 Å². The van der Waals surface area contributed by atoms with Crippen LogP contribution in [0.5, 0.6) is 0 Å². The maximum absolute atomic E-state index is 12.4. The van der Waals surface area contributed by atoms with Gasteiger partial charge in [-0.3, -0.25) is 9.89 Å². The highest BCUT2D eigenvalue weighted by Crippen LogP contribution is 2.22. The molecule has 6 heteroatoms. The molecule has 0 aromatic carbocycles. The van der Waals surface area contributed by atoms with Gasteiger partial charge in [0.05, 0.1) is 18.3 Å². The number of aromatic amines is 1. The van der Waals surface area contributed by atoms with E-state index in [0.29, 0.717) is 25.4 Å². The molecule has 2 rings (SSSR count). The molecule has 1 fully saturated rings. The van der Waals surface area contributed by atoms with Gasteiger partial charge in [0.25, 0.3) is 0 Å². The standard InChI is InChI=1S/C15H26N4O2/c1-10-11(2)16-17-14(10)5-6-15(21)19-8-12(18(3)4)7-13(19)9-20/h12-13,20H,5-9H2,1-4H3,(H,16,17)/t12-,13+/m1/s1. The fourth-order valence-electron chi connectivity index (χ4n) is 2.89. The predicted octanol–water partition coefficient (Wildman–Crippen LogP) is 0.483. The van der Waals surface area contributed by atoms with E-state index in [1.165, 1.54) is 0 Å². The Balaban J connectivity index is 1.95. The van der Waals surface area contributed by atoms with Gasteiger partial charge in [-0.15, -0.1) is 0 Å². The number of rotatable bonds is 5. The van der Waals surface area contributed by atoms with Crippen molar-refractivity contribution < 1.29 is 9.90 Å². The normalized spacial score (nSPS) is 22.3. The summed E-state index contributed by atoms with van der Waals surface area (Å²) in [5, 5.41) is 16.7. The lowest BCUT2D eigenvalue weighted by Gasteiger charge is -2.23. The Bertz CT molecular complexity index is 498. The number of hydrogen-bond donors (Lipinski definition) is 2. The minimum absolute atomic E-state index is 0.0383. The number of likely N-dealkylation sites (tertiary alicyclic amines) is 1. The van der Waals surface area contributed by atoms with Crippen LogP contribution < -0.4 is 0 Å². The van der Waals surface area contributed by atoms with Gasteiger partial charge in [0.15, 0.2) is 0 Å². The maximum Gasteiger partial charge on any atom is 0.223 e. The van der Waals surface area contributed by atoms with Crippen molar-refractivity contribution in [2.24, 2.45) is 0 Å². The van der Waals surface area contributed by atoms with E-state index >= 15 is 0 Å². The highest BCUT2D eigenvalue weighted by molar-refractivity contribution is 5.77. The topological polar surface area (TPSA) is 72.5 Å². The number of hydrogen-bond acceptors (Lipinski definition) is 4. The summed E-state index contributed by atoms with van der Waals surface area (Å²) in [5.41, 5.74) is 3.15. The van der Waals surface area contributed by atoms with Gasteiger partial charge < -0.3 is 14.9 Å². The lowest BCUT2D eigenvalue weighted by Crippen LogP contribution is -2.39. The molecule has 0 saturated carbocycles. The molecule has 1 aromatic heterocycles. The van der Waals surface area contributed by atoms with Crippen LogP contribution in [0.15, 0.2) is 0 Å². The summed E-state index contributed by atoms with van der Waals surface area (Å²) in [6.45, 7) is 4.75. The predicted molar refractivity (Wildman–Crippen MR) is 81.1 cm³/mol. The zero-order chi connectivity index (χ0) is 15.6. The van der Waals surface area contributed by atoms with E-state index in [-0.39, 0.29) is 18.6 Å². The number of nitrogens with zero attached hydrogens (tertiary/aromatic N) is 3. The van der Waals surface area contributed by atoms with Crippen LogP contribution in [0.1, 0.15) is 29.8 Å². The molecule has 0 radical (unpaired) electrons. The number of H-pyrrole nitrogens is 1. The third kappa shape index (κ3) is 3.44. The summed E-state index contributed by atoms with van der Waals surface area (Å²) in [7, 11) is 4.03. The van der Waals surface area contributed by atoms with Crippen LogP contribution in [-0.4, -0.2) is 70.3 Å². The van der Waals surface area contributed by atoms with Crippen LogP contribution in [0.3, 0.4) is 0 Å². The molecule has 2 N–H and O–H groups in total. The number of likely N-dealkylation sites (N-methyl/N-ethyl adjacent to an activating group) is 1. The van der Waals surface area contributed by atoms with Gasteiger partial charge in [-0.05, 0) is 39.9 Å². The van der Waals surface area contributed by atoms with Gasteiger partial charge in [0.1, 0.15) is 0 Å². The second-order valence-electron chi connectivity index (χ2n) is 6.16. The van der Waals surface area contributed by atoms with Crippen molar-refractivity contribution in [1.29, 1.82) is 0 Å². The number of amides is 1. The molecular weight excluding hydrogens is 268 g/mol. The number of aryl methyl sites for hydroxylation is 2. The molecule has 2 heterocycles. The van der Waals surface area contributed by atoms with Crippen LogP contribution in [0.4, 0.5) is 0 Å². The summed E-state index contributed by atoms with van der Waals surface area (Å²) in [6.07, 6.45) is 1.94. The summed E-state index contributed by atoms with van der Waals surface area (Å²) >= 11 is 0. The minimum Gasteiger partial charge on any atom is -0.394 e. The quantitative estimate of drug-likeness (QED) is 0.828. The van der Waals surface area contributed by atoms with Crippen LogP contribution >= 0.6 is 0 Å². The maximum atomic E-state index is 12.4. The van der Waals surface area contributed by atoms with E-state index in [0.717, 1.165) is 23.4 Å². The second kappa shape index (κ2) is 6.58.